The number of benzene rings is 2. The molecule has 0 radical (unpaired) electrons. The van der Waals surface area contributed by atoms with Gasteiger partial charge >= 0.3 is 0 Å². The monoisotopic (exact) mass is 365 g/mol. The summed E-state index contributed by atoms with van der Waals surface area (Å²) in [4.78, 5) is 12.1. The van der Waals surface area contributed by atoms with Crippen LogP contribution in [0, 0.1) is 0 Å². The van der Waals surface area contributed by atoms with Crippen LogP contribution in [0.2, 0.25) is 0 Å². The van der Waals surface area contributed by atoms with Gasteiger partial charge in [-0.05, 0) is 29.2 Å². The first-order valence-electron chi connectivity index (χ1n) is 8.87. The molecular formula is C22H23NO4. The van der Waals surface area contributed by atoms with Gasteiger partial charge in [0.1, 0.15) is 18.4 Å². The second-order valence-corrected chi connectivity index (χ2v) is 6.71. The lowest BCUT2D eigenvalue weighted by Gasteiger charge is -2.21. The third-order valence-corrected chi connectivity index (χ3v) is 4.44. The largest absolute Gasteiger partial charge is 0.502 e. The Bertz CT molecular complexity index is 946. The van der Waals surface area contributed by atoms with Crippen molar-refractivity contribution in [1.82, 2.24) is 0 Å². The molecule has 3 N–H and O–H groups in total. The van der Waals surface area contributed by atoms with Crippen LogP contribution in [0.15, 0.2) is 69.9 Å². The number of hydrogen-bond acceptors (Lipinski definition) is 5. The smallest absolute Gasteiger partial charge is 0.227 e. The van der Waals surface area contributed by atoms with E-state index in [0.717, 1.165) is 17.3 Å². The van der Waals surface area contributed by atoms with E-state index in [9.17, 15) is 15.0 Å². The molecule has 27 heavy (non-hydrogen) atoms. The van der Waals surface area contributed by atoms with Crippen molar-refractivity contribution >= 4 is 5.69 Å². The molecule has 1 aromatic heterocycles. The number of hydrogen-bond donors (Lipinski definition) is 3. The number of aliphatic hydroxyl groups is 1. The molecule has 5 heteroatoms. The van der Waals surface area contributed by atoms with E-state index in [1.54, 1.807) is 0 Å². The van der Waals surface area contributed by atoms with Crippen molar-refractivity contribution in [2.24, 2.45) is 0 Å². The Hall–Kier alpha value is -3.05. The maximum atomic E-state index is 12.1. The van der Waals surface area contributed by atoms with Crippen LogP contribution in [0.5, 0.6) is 5.75 Å². The second-order valence-electron chi connectivity index (χ2n) is 6.71. The summed E-state index contributed by atoms with van der Waals surface area (Å²) in [5, 5.41) is 23.0. The quantitative estimate of drug-likeness (QED) is 0.611. The van der Waals surface area contributed by atoms with E-state index in [1.165, 1.54) is 5.56 Å². The van der Waals surface area contributed by atoms with E-state index in [4.69, 9.17) is 4.42 Å². The molecule has 140 valence electrons. The van der Waals surface area contributed by atoms with Crippen molar-refractivity contribution in [3.63, 3.8) is 0 Å². The SMILES string of the molecule is CC(C)c1ccc(C(Nc2ccccc2)c2oc(CO)cc(=O)c2O)cc1. The van der Waals surface area contributed by atoms with Gasteiger partial charge < -0.3 is 19.9 Å². The second kappa shape index (κ2) is 8.10. The van der Waals surface area contributed by atoms with Crippen molar-refractivity contribution < 1.29 is 14.6 Å². The molecule has 5 nitrogen and oxygen atoms in total. The summed E-state index contributed by atoms with van der Waals surface area (Å²) in [7, 11) is 0. The van der Waals surface area contributed by atoms with Crippen LogP contribution in [-0.4, -0.2) is 10.2 Å². The highest BCUT2D eigenvalue weighted by atomic mass is 16.4. The minimum Gasteiger partial charge on any atom is -0.502 e. The van der Waals surface area contributed by atoms with Gasteiger partial charge in [0.05, 0.1) is 0 Å². The zero-order valence-electron chi connectivity index (χ0n) is 15.3. The van der Waals surface area contributed by atoms with E-state index in [2.05, 4.69) is 19.2 Å². The van der Waals surface area contributed by atoms with E-state index in [-0.39, 0.29) is 11.5 Å². The predicted molar refractivity (Wildman–Crippen MR) is 105 cm³/mol. The molecule has 0 bridgehead atoms. The fourth-order valence-corrected chi connectivity index (χ4v) is 2.90. The topological polar surface area (TPSA) is 82.7 Å². The number of rotatable bonds is 6. The molecule has 2 aromatic carbocycles. The van der Waals surface area contributed by atoms with E-state index >= 15 is 0 Å². The Labute approximate surface area is 157 Å². The number of aromatic hydroxyl groups is 1. The highest BCUT2D eigenvalue weighted by Crippen LogP contribution is 2.32. The molecule has 0 aliphatic rings. The molecule has 1 unspecified atom stereocenters. The number of aliphatic hydroxyl groups excluding tert-OH is 1. The Morgan fingerprint density at radius 2 is 1.63 bits per heavy atom. The molecule has 0 saturated carbocycles. The zero-order valence-corrected chi connectivity index (χ0v) is 15.3. The molecular weight excluding hydrogens is 342 g/mol. The Balaban J connectivity index is 2.10. The van der Waals surface area contributed by atoms with E-state index in [0.29, 0.717) is 5.92 Å². The van der Waals surface area contributed by atoms with Gasteiger partial charge in [0.2, 0.25) is 11.2 Å². The van der Waals surface area contributed by atoms with Crippen LogP contribution < -0.4 is 10.7 Å². The summed E-state index contributed by atoms with van der Waals surface area (Å²) < 4.78 is 5.64. The number of nitrogens with one attached hydrogen (secondary N) is 1. The maximum absolute atomic E-state index is 12.1. The third-order valence-electron chi connectivity index (χ3n) is 4.44. The van der Waals surface area contributed by atoms with Crippen LogP contribution in [0.1, 0.15) is 48.5 Å². The van der Waals surface area contributed by atoms with Crippen molar-refractivity contribution in [2.75, 3.05) is 5.32 Å². The lowest BCUT2D eigenvalue weighted by Crippen LogP contribution is -2.16. The van der Waals surface area contributed by atoms with Crippen LogP contribution in [-0.2, 0) is 6.61 Å². The van der Waals surface area contributed by atoms with E-state index in [1.807, 2.05) is 54.6 Å². The highest BCUT2D eigenvalue weighted by molar-refractivity contribution is 5.49. The molecule has 0 aliphatic carbocycles. The average Bonchev–Trinajstić information content (AvgIpc) is 2.69. The first-order valence-corrected chi connectivity index (χ1v) is 8.87. The van der Waals surface area contributed by atoms with Crippen LogP contribution in [0.25, 0.3) is 0 Å². The van der Waals surface area contributed by atoms with Crippen molar-refractivity contribution in [1.29, 1.82) is 0 Å². The van der Waals surface area contributed by atoms with Gasteiger partial charge in [0.25, 0.3) is 0 Å². The van der Waals surface area contributed by atoms with Crippen LogP contribution in [0.4, 0.5) is 5.69 Å². The fraction of sp³-hybridized carbons (Fsp3) is 0.227. The molecule has 0 saturated heterocycles. The molecule has 3 rings (SSSR count). The van der Waals surface area contributed by atoms with Crippen LogP contribution in [0.3, 0.4) is 0 Å². The van der Waals surface area contributed by atoms with Crippen molar-refractivity contribution in [3.05, 3.63) is 93.5 Å². The normalized spacial score (nSPS) is 12.1. The minimum atomic E-state index is -0.590. The summed E-state index contributed by atoms with van der Waals surface area (Å²) in [5.41, 5.74) is 2.25. The minimum absolute atomic E-state index is 0.0766. The van der Waals surface area contributed by atoms with Gasteiger partial charge in [-0.15, -0.1) is 0 Å². The van der Waals surface area contributed by atoms with Gasteiger partial charge in [-0.2, -0.15) is 0 Å². The maximum Gasteiger partial charge on any atom is 0.227 e. The molecule has 0 fully saturated rings. The van der Waals surface area contributed by atoms with Gasteiger partial charge in [-0.25, -0.2) is 0 Å². The van der Waals surface area contributed by atoms with Crippen molar-refractivity contribution in [2.45, 2.75) is 32.4 Å². The molecule has 1 heterocycles. The van der Waals surface area contributed by atoms with Gasteiger partial charge in [-0.3, -0.25) is 4.79 Å². The molecule has 0 amide bonds. The predicted octanol–water partition coefficient (Wildman–Crippen LogP) is 4.16. The lowest BCUT2D eigenvalue weighted by atomic mass is 9.97. The number of para-hydroxylation sites is 1. The number of anilines is 1. The van der Waals surface area contributed by atoms with E-state index < -0.39 is 23.8 Å². The molecule has 0 aliphatic heterocycles. The molecule has 0 spiro atoms. The third kappa shape index (κ3) is 4.20. The van der Waals surface area contributed by atoms with Gasteiger partial charge in [0, 0.05) is 11.8 Å². The first-order chi connectivity index (χ1) is 13.0. The fourth-order valence-electron chi connectivity index (χ4n) is 2.90. The van der Waals surface area contributed by atoms with Gasteiger partial charge in [0.15, 0.2) is 5.76 Å². The summed E-state index contributed by atoms with van der Waals surface area (Å²) in [5.74, 6) is 0.108. The Morgan fingerprint density at radius 1 is 1.00 bits per heavy atom. The Kier molecular flexibility index (Phi) is 5.62. The van der Waals surface area contributed by atoms with Crippen molar-refractivity contribution in [3.8, 4) is 5.75 Å². The Morgan fingerprint density at radius 3 is 2.22 bits per heavy atom. The molecule has 1 atom stereocenters. The summed E-state index contributed by atoms with van der Waals surface area (Å²) in [6.07, 6.45) is 0. The summed E-state index contributed by atoms with van der Waals surface area (Å²) in [6, 6.07) is 17.9. The molecule has 3 aromatic rings. The highest BCUT2D eigenvalue weighted by Gasteiger charge is 2.23. The lowest BCUT2D eigenvalue weighted by molar-refractivity contribution is 0.234. The zero-order chi connectivity index (χ0) is 19.4. The summed E-state index contributed by atoms with van der Waals surface area (Å²) >= 11 is 0. The first kappa shape index (κ1) is 18.7. The average molecular weight is 365 g/mol. The standard InChI is InChI=1S/C22H23NO4/c1-14(2)15-8-10-16(11-9-15)20(23-17-6-4-3-5-7-17)22-21(26)19(25)12-18(13-24)27-22/h3-12,14,20,23-24,26H,13H2,1-2H3. The van der Waals surface area contributed by atoms with Crippen LogP contribution >= 0.6 is 0 Å². The summed E-state index contributed by atoms with van der Waals surface area (Å²) in [6.45, 7) is 3.81. The van der Waals surface area contributed by atoms with Gasteiger partial charge in [-0.1, -0.05) is 56.3 Å².